The van der Waals surface area contributed by atoms with Crippen molar-refractivity contribution in [1.82, 2.24) is 0 Å². The molecule has 0 amide bonds. The average Bonchev–Trinajstić information content (AvgIpc) is 2.36. The van der Waals surface area contributed by atoms with Crippen molar-refractivity contribution in [1.29, 1.82) is 5.41 Å². The molecule has 3 N–H and O–H groups in total. The van der Waals surface area contributed by atoms with Crippen LogP contribution in [0.15, 0.2) is 50.7 Å². The SMILES string of the molecule is N=C(N)c1ccc(Sc2cc(F)ccc2F)c(Br)c1. The largest absolute Gasteiger partial charge is 0.384 e. The van der Waals surface area contributed by atoms with Crippen molar-refractivity contribution in [2.24, 2.45) is 5.73 Å². The molecule has 0 saturated heterocycles. The van der Waals surface area contributed by atoms with Crippen molar-refractivity contribution in [3.05, 3.63) is 58.1 Å². The molecule has 0 saturated carbocycles. The zero-order valence-corrected chi connectivity index (χ0v) is 12.0. The molecule has 0 aliphatic rings. The molecule has 0 aromatic heterocycles. The molecule has 0 aliphatic heterocycles. The minimum atomic E-state index is -0.486. The third kappa shape index (κ3) is 3.33. The summed E-state index contributed by atoms with van der Waals surface area (Å²) in [5, 5.41) is 7.33. The van der Waals surface area contributed by atoms with E-state index < -0.39 is 11.6 Å². The van der Waals surface area contributed by atoms with Crippen LogP contribution >= 0.6 is 27.7 Å². The molecular formula is C13H9BrF2N2S. The maximum Gasteiger partial charge on any atom is 0.137 e. The number of hydrogen-bond donors (Lipinski definition) is 2. The van der Waals surface area contributed by atoms with Gasteiger partial charge in [-0.2, -0.15) is 0 Å². The Labute approximate surface area is 121 Å². The lowest BCUT2D eigenvalue weighted by Crippen LogP contribution is -2.10. The number of rotatable bonds is 3. The zero-order valence-electron chi connectivity index (χ0n) is 9.58. The summed E-state index contributed by atoms with van der Waals surface area (Å²) in [7, 11) is 0. The fourth-order valence-electron chi connectivity index (χ4n) is 1.43. The molecule has 0 heterocycles. The molecule has 2 aromatic rings. The van der Waals surface area contributed by atoms with E-state index in [-0.39, 0.29) is 10.7 Å². The minimum absolute atomic E-state index is 0.0470. The second-order valence-corrected chi connectivity index (χ2v) is 5.67. The Morgan fingerprint density at radius 2 is 1.84 bits per heavy atom. The van der Waals surface area contributed by atoms with Crippen LogP contribution in [0.4, 0.5) is 8.78 Å². The van der Waals surface area contributed by atoms with Gasteiger partial charge in [0.25, 0.3) is 0 Å². The molecule has 2 nitrogen and oxygen atoms in total. The summed E-state index contributed by atoms with van der Waals surface area (Å²) in [4.78, 5) is 0.922. The second-order valence-electron chi connectivity index (χ2n) is 3.74. The van der Waals surface area contributed by atoms with Crippen molar-refractivity contribution in [2.75, 3.05) is 0 Å². The van der Waals surface area contributed by atoms with Crippen LogP contribution in [-0.2, 0) is 0 Å². The van der Waals surface area contributed by atoms with Gasteiger partial charge < -0.3 is 5.73 Å². The third-order valence-corrected chi connectivity index (χ3v) is 4.38. The zero-order chi connectivity index (χ0) is 14.0. The summed E-state index contributed by atoms with van der Waals surface area (Å²) >= 11 is 4.43. The summed E-state index contributed by atoms with van der Waals surface area (Å²) in [5.41, 5.74) is 5.94. The van der Waals surface area contributed by atoms with Crippen LogP contribution in [0.25, 0.3) is 0 Å². The highest BCUT2D eigenvalue weighted by atomic mass is 79.9. The van der Waals surface area contributed by atoms with Crippen LogP contribution in [0.1, 0.15) is 5.56 Å². The highest BCUT2D eigenvalue weighted by molar-refractivity contribution is 9.10. The van der Waals surface area contributed by atoms with Crippen LogP contribution in [0.5, 0.6) is 0 Å². The molecule has 0 atom stereocenters. The lowest BCUT2D eigenvalue weighted by Gasteiger charge is -2.07. The van der Waals surface area contributed by atoms with Crippen LogP contribution in [0, 0.1) is 17.0 Å². The van der Waals surface area contributed by atoms with Crippen molar-refractivity contribution in [3.63, 3.8) is 0 Å². The summed E-state index contributed by atoms with van der Waals surface area (Å²) < 4.78 is 27.3. The van der Waals surface area contributed by atoms with Gasteiger partial charge in [-0.15, -0.1) is 0 Å². The Hall–Kier alpha value is -1.40. The van der Waals surface area contributed by atoms with E-state index in [2.05, 4.69) is 15.9 Å². The molecule has 0 radical (unpaired) electrons. The van der Waals surface area contributed by atoms with Gasteiger partial charge in [-0.3, -0.25) is 5.41 Å². The topological polar surface area (TPSA) is 49.9 Å². The molecule has 0 bridgehead atoms. The number of benzene rings is 2. The van der Waals surface area contributed by atoms with E-state index in [1.165, 1.54) is 0 Å². The first-order valence-corrected chi connectivity index (χ1v) is 6.85. The molecule has 0 aliphatic carbocycles. The Kier molecular flexibility index (Phi) is 4.21. The molecule has 2 rings (SSSR count). The average molecular weight is 343 g/mol. The van der Waals surface area contributed by atoms with E-state index in [0.29, 0.717) is 10.0 Å². The van der Waals surface area contributed by atoms with Gasteiger partial charge in [0, 0.05) is 14.9 Å². The molecule has 98 valence electrons. The molecule has 0 spiro atoms. The number of amidine groups is 1. The lowest BCUT2D eigenvalue weighted by atomic mass is 10.2. The molecule has 6 heteroatoms. The second kappa shape index (κ2) is 5.71. The Bertz CT molecular complexity index is 647. The van der Waals surface area contributed by atoms with Crippen LogP contribution in [0.2, 0.25) is 0 Å². The molecule has 2 aromatic carbocycles. The summed E-state index contributed by atoms with van der Waals surface area (Å²) in [6.45, 7) is 0. The summed E-state index contributed by atoms with van der Waals surface area (Å²) in [6.07, 6.45) is 0. The molecule has 0 fully saturated rings. The van der Waals surface area contributed by atoms with E-state index in [0.717, 1.165) is 34.9 Å². The first-order valence-electron chi connectivity index (χ1n) is 5.24. The lowest BCUT2D eigenvalue weighted by molar-refractivity contribution is 0.577. The van der Waals surface area contributed by atoms with Crippen LogP contribution in [-0.4, -0.2) is 5.84 Å². The fourth-order valence-corrected chi connectivity index (χ4v) is 2.91. The Morgan fingerprint density at radius 1 is 1.11 bits per heavy atom. The number of nitrogen functional groups attached to an aromatic ring is 1. The van der Waals surface area contributed by atoms with Gasteiger partial charge in [-0.25, -0.2) is 8.78 Å². The van der Waals surface area contributed by atoms with Crippen LogP contribution in [0.3, 0.4) is 0 Å². The molecule has 19 heavy (non-hydrogen) atoms. The van der Waals surface area contributed by atoms with E-state index in [4.69, 9.17) is 11.1 Å². The van der Waals surface area contributed by atoms with E-state index in [1.54, 1.807) is 18.2 Å². The van der Waals surface area contributed by atoms with Crippen molar-refractivity contribution < 1.29 is 8.78 Å². The highest BCUT2D eigenvalue weighted by Gasteiger charge is 2.09. The number of halogens is 3. The van der Waals surface area contributed by atoms with Gasteiger partial charge in [0.05, 0.1) is 4.90 Å². The van der Waals surface area contributed by atoms with Gasteiger partial charge in [-0.05, 0) is 46.3 Å². The Morgan fingerprint density at radius 3 is 2.47 bits per heavy atom. The number of hydrogen-bond acceptors (Lipinski definition) is 2. The maximum absolute atomic E-state index is 13.5. The first-order chi connectivity index (χ1) is 8.97. The van der Waals surface area contributed by atoms with Gasteiger partial charge in [-0.1, -0.05) is 17.8 Å². The van der Waals surface area contributed by atoms with E-state index >= 15 is 0 Å². The monoisotopic (exact) mass is 342 g/mol. The molecular weight excluding hydrogens is 334 g/mol. The predicted octanol–water partition coefficient (Wildman–Crippen LogP) is 4.16. The van der Waals surface area contributed by atoms with Crippen molar-refractivity contribution >= 4 is 33.5 Å². The van der Waals surface area contributed by atoms with E-state index in [9.17, 15) is 8.78 Å². The summed E-state index contributed by atoms with van der Waals surface area (Å²) in [6, 6.07) is 8.35. The van der Waals surface area contributed by atoms with Gasteiger partial charge in [0.1, 0.15) is 17.5 Å². The highest BCUT2D eigenvalue weighted by Crippen LogP contribution is 2.35. The summed E-state index contributed by atoms with van der Waals surface area (Å²) in [5.74, 6) is -1.01. The minimum Gasteiger partial charge on any atom is -0.384 e. The first kappa shape index (κ1) is 14.0. The predicted molar refractivity (Wildman–Crippen MR) is 75.6 cm³/mol. The van der Waals surface area contributed by atoms with Gasteiger partial charge in [0.15, 0.2) is 0 Å². The Balaban J connectivity index is 2.33. The number of nitrogens with one attached hydrogen (secondary N) is 1. The third-order valence-electron chi connectivity index (χ3n) is 2.36. The fraction of sp³-hybridized carbons (Fsp3) is 0. The maximum atomic E-state index is 13.5. The quantitative estimate of drug-likeness (QED) is 0.649. The van der Waals surface area contributed by atoms with Crippen LogP contribution < -0.4 is 5.73 Å². The normalized spacial score (nSPS) is 10.5. The van der Waals surface area contributed by atoms with Gasteiger partial charge in [0.2, 0.25) is 0 Å². The van der Waals surface area contributed by atoms with Crippen molar-refractivity contribution in [2.45, 2.75) is 9.79 Å². The van der Waals surface area contributed by atoms with E-state index in [1.807, 2.05) is 0 Å². The standard InChI is InChI=1S/C13H9BrF2N2S/c14-9-5-7(13(17)18)1-4-11(9)19-12-6-8(15)2-3-10(12)16/h1-6H,(H3,17,18). The van der Waals surface area contributed by atoms with Gasteiger partial charge >= 0.3 is 0 Å². The molecule has 0 unspecified atom stereocenters. The van der Waals surface area contributed by atoms with Crippen molar-refractivity contribution in [3.8, 4) is 0 Å². The number of nitrogens with two attached hydrogens (primary N) is 1. The smallest absolute Gasteiger partial charge is 0.137 e.